The molecule has 0 aliphatic heterocycles. The highest BCUT2D eigenvalue weighted by atomic mass is 32.2. The van der Waals surface area contributed by atoms with Gasteiger partial charge in [0.05, 0.1) is 6.04 Å². The van der Waals surface area contributed by atoms with Gasteiger partial charge in [-0.2, -0.15) is 0 Å². The molecule has 4 nitrogen and oxygen atoms in total. The molecule has 5 heteroatoms. The molecule has 1 aromatic carbocycles. The lowest BCUT2D eigenvalue weighted by molar-refractivity contribution is -0.120. The number of nitrogens with zero attached hydrogens (tertiary/aromatic N) is 2. The zero-order valence-electron chi connectivity index (χ0n) is 13.1. The molecule has 0 radical (unpaired) electrons. The molecule has 1 N–H and O–H groups in total. The Kier molecular flexibility index (Phi) is 5.98. The number of amides is 1. The number of benzene rings is 1. The molecular formula is C17H21N3OS. The average Bonchev–Trinajstić information content (AvgIpc) is 2.55. The van der Waals surface area contributed by atoms with Crippen molar-refractivity contribution in [3.8, 4) is 0 Å². The summed E-state index contributed by atoms with van der Waals surface area (Å²) in [6, 6.07) is 13.6. The van der Waals surface area contributed by atoms with Crippen LogP contribution < -0.4 is 5.32 Å². The molecule has 1 aromatic heterocycles. The van der Waals surface area contributed by atoms with Crippen LogP contribution in [0.3, 0.4) is 0 Å². The number of nitrogens with one attached hydrogen (secondary N) is 1. The Morgan fingerprint density at radius 1 is 1.32 bits per heavy atom. The van der Waals surface area contributed by atoms with Crippen molar-refractivity contribution in [1.82, 2.24) is 9.88 Å². The molecule has 116 valence electrons. The minimum atomic E-state index is -0.236. The van der Waals surface area contributed by atoms with Crippen LogP contribution in [-0.2, 0) is 11.3 Å². The summed E-state index contributed by atoms with van der Waals surface area (Å²) in [5, 5.41) is 2.84. The predicted molar refractivity (Wildman–Crippen MR) is 92.0 cm³/mol. The van der Waals surface area contributed by atoms with Crippen LogP contribution in [0.5, 0.6) is 0 Å². The Labute approximate surface area is 135 Å². The number of carbonyl (C=O) groups is 1. The van der Waals surface area contributed by atoms with Gasteiger partial charge in [0.1, 0.15) is 5.82 Å². The highest BCUT2D eigenvalue weighted by Crippen LogP contribution is 2.17. The standard InChI is InChI=1S/C17H21N3OS/c1-13(17(21)19-16-9-4-5-10-18-16)20(2)12-14-7-6-8-15(11-14)22-3/h4-11,13H,12H2,1-3H3,(H,18,19,21). The minimum absolute atomic E-state index is 0.0535. The van der Waals surface area contributed by atoms with E-state index in [1.165, 1.54) is 10.5 Å². The van der Waals surface area contributed by atoms with Crippen molar-refractivity contribution in [1.29, 1.82) is 0 Å². The van der Waals surface area contributed by atoms with E-state index in [4.69, 9.17) is 0 Å². The second kappa shape index (κ2) is 7.96. The van der Waals surface area contributed by atoms with Crippen LogP contribution in [0.4, 0.5) is 5.82 Å². The number of hydrogen-bond acceptors (Lipinski definition) is 4. The van der Waals surface area contributed by atoms with E-state index in [-0.39, 0.29) is 11.9 Å². The van der Waals surface area contributed by atoms with Gasteiger partial charge in [0.15, 0.2) is 0 Å². The van der Waals surface area contributed by atoms with E-state index in [0.717, 1.165) is 6.54 Å². The second-order valence-corrected chi connectivity index (χ2v) is 6.03. The van der Waals surface area contributed by atoms with Crippen molar-refractivity contribution in [3.05, 3.63) is 54.2 Å². The maximum absolute atomic E-state index is 12.3. The molecule has 0 aliphatic rings. The van der Waals surface area contributed by atoms with Crippen LogP contribution in [0.2, 0.25) is 0 Å². The van der Waals surface area contributed by atoms with E-state index >= 15 is 0 Å². The molecule has 2 rings (SSSR count). The van der Waals surface area contributed by atoms with Gasteiger partial charge in [-0.15, -0.1) is 11.8 Å². The number of carbonyl (C=O) groups excluding carboxylic acids is 1. The molecule has 1 atom stereocenters. The van der Waals surface area contributed by atoms with Gasteiger partial charge in [-0.3, -0.25) is 9.69 Å². The summed E-state index contributed by atoms with van der Waals surface area (Å²) in [6.45, 7) is 2.63. The number of rotatable bonds is 6. The zero-order chi connectivity index (χ0) is 15.9. The maximum Gasteiger partial charge on any atom is 0.242 e. The summed E-state index contributed by atoms with van der Waals surface area (Å²) in [5.41, 5.74) is 1.20. The van der Waals surface area contributed by atoms with Gasteiger partial charge in [0, 0.05) is 17.6 Å². The van der Waals surface area contributed by atoms with Crippen LogP contribution in [0.15, 0.2) is 53.6 Å². The molecule has 2 aromatic rings. The number of aromatic nitrogens is 1. The SMILES string of the molecule is CSc1cccc(CN(C)C(C)C(=O)Nc2ccccn2)c1. The van der Waals surface area contributed by atoms with Crippen molar-refractivity contribution in [2.75, 3.05) is 18.6 Å². The van der Waals surface area contributed by atoms with Gasteiger partial charge >= 0.3 is 0 Å². The van der Waals surface area contributed by atoms with Gasteiger partial charge in [-0.1, -0.05) is 18.2 Å². The van der Waals surface area contributed by atoms with Gasteiger partial charge < -0.3 is 5.32 Å². The molecule has 1 amide bonds. The van der Waals surface area contributed by atoms with Crippen molar-refractivity contribution in [2.45, 2.75) is 24.4 Å². The summed E-state index contributed by atoms with van der Waals surface area (Å²) in [4.78, 5) is 19.6. The number of likely N-dealkylation sites (N-methyl/N-ethyl adjacent to an activating group) is 1. The third-order valence-electron chi connectivity index (χ3n) is 3.52. The Bertz CT molecular complexity index is 618. The van der Waals surface area contributed by atoms with Crippen LogP contribution in [0.25, 0.3) is 0 Å². The molecule has 1 heterocycles. The van der Waals surface area contributed by atoms with Gasteiger partial charge in [0.25, 0.3) is 0 Å². The lowest BCUT2D eigenvalue weighted by Gasteiger charge is -2.24. The fourth-order valence-electron chi connectivity index (χ4n) is 2.06. The number of thioether (sulfide) groups is 1. The first-order valence-corrected chi connectivity index (χ1v) is 8.37. The summed E-state index contributed by atoms with van der Waals surface area (Å²) < 4.78 is 0. The molecule has 22 heavy (non-hydrogen) atoms. The molecule has 0 spiro atoms. The van der Waals surface area contributed by atoms with Gasteiger partial charge in [0.2, 0.25) is 5.91 Å². The van der Waals surface area contributed by atoms with Crippen molar-refractivity contribution >= 4 is 23.5 Å². The van der Waals surface area contributed by atoms with Crippen molar-refractivity contribution in [3.63, 3.8) is 0 Å². The smallest absolute Gasteiger partial charge is 0.242 e. The molecule has 0 saturated heterocycles. The third kappa shape index (κ3) is 4.58. The molecule has 0 bridgehead atoms. The molecule has 0 aliphatic carbocycles. The zero-order valence-corrected chi connectivity index (χ0v) is 13.9. The van der Waals surface area contributed by atoms with E-state index in [1.807, 2.05) is 37.1 Å². The van der Waals surface area contributed by atoms with Crippen LogP contribution in [-0.4, -0.2) is 35.1 Å². The largest absolute Gasteiger partial charge is 0.309 e. The monoisotopic (exact) mass is 315 g/mol. The average molecular weight is 315 g/mol. The third-order valence-corrected chi connectivity index (χ3v) is 4.25. The molecular weight excluding hydrogens is 294 g/mol. The summed E-state index contributed by atoms with van der Waals surface area (Å²) in [7, 11) is 1.95. The number of anilines is 1. The fourth-order valence-corrected chi connectivity index (χ4v) is 2.55. The number of pyridine rings is 1. The van der Waals surface area contributed by atoms with Crippen molar-refractivity contribution < 1.29 is 4.79 Å². The minimum Gasteiger partial charge on any atom is -0.309 e. The first-order chi connectivity index (χ1) is 10.6. The lowest BCUT2D eigenvalue weighted by atomic mass is 10.2. The van der Waals surface area contributed by atoms with Crippen LogP contribution in [0.1, 0.15) is 12.5 Å². The summed E-state index contributed by atoms with van der Waals surface area (Å²) >= 11 is 1.72. The quantitative estimate of drug-likeness (QED) is 0.831. The Balaban J connectivity index is 1.96. The summed E-state index contributed by atoms with van der Waals surface area (Å²) in [5.74, 6) is 0.527. The normalized spacial score (nSPS) is 12.2. The van der Waals surface area contributed by atoms with Crippen molar-refractivity contribution in [2.24, 2.45) is 0 Å². The summed E-state index contributed by atoms with van der Waals surface area (Å²) in [6.07, 6.45) is 3.73. The first-order valence-electron chi connectivity index (χ1n) is 7.15. The molecule has 0 fully saturated rings. The maximum atomic E-state index is 12.3. The highest BCUT2D eigenvalue weighted by Gasteiger charge is 2.18. The van der Waals surface area contributed by atoms with E-state index in [0.29, 0.717) is 5.82 Å². The van der Waals surface area contributed by atoms with E-state index in [1.54, 1.807) is 24.0 Å². The lowest BCUT2D eigenvalue weighted by Crippen LogP contribution is -2.39. The topological polar surface area (TPSA) is 45.2 Å². The molecule has 0 saturated carbocycles. The fraction of sp³-hybridized carbons (Fsp3) is 0.294. The van der Waals surface area contributed by atoms with E-state index in [9.17, 15) is 4.79 Å². The van der Waals surface area contributed by atoms with Crippen LogP contribution in [0, 0.1) is 0 Å². The van der Waals surface area contributed by atoms with E-state index < -0.39 is 0 Å². The molecule has 1 unspecified atom stereocenters. The second-order valence-electron chi connectivity index (χ2n) is 5.15. The predicted octanol–water partition coefficient (Wildman–Crippen LogP) is 3.26. The Hall–Kier alpha value is -1.85. The van der Waals surface area contributed by atoms with E-state index in [2.05, 4.69) is 34.8 Å². The number of hydrogen-bond donors (Lipinski definition) is 1. The van der Waals surface area contributed by atoms with Crippen LogP contribution >= 0.6 is 11.8 Å². The Morgan fingerprint density at radius 2 is 2.14 bits per heavy atom. The van der Waals surface area contributed by atoms with Gasteiger partial charge in [-0.25, -0.2) is 4.98 Å². The Morgan fingerprint density at radius 3 is 2.82 bits per heavy atom. The first kappa shape index (κ1) is 16.5. The highest BCUT2D eigenvalue weighted by molar-refractivity contribution is 7.98. The van der Waals surface area contributed by atoms with Gasteiger partial charge in [-0.05, 0) is 50.1 Å².